The Balaban J connectivity index is 1.70. The van der Waals surface area contributed by atoms with Gasteiger partial charge in [-0.2, -0.15) is 0 Å². The van der Waals surface area contributed by atoms with Crippen molar-refractivity contribution in [2.24, 2.45) is 0 Å². The fourth-order valence-electron chi connectivity index (χ4n) is 3.77. The van der Waals surface area contributed by atoms with Crippen LogP contribution in [0.25, 0.3) is 0 Å². The zero-order valence-corrected chi connectivity index (χ0v) is 17.6. The summed E-state index contributed by atoms with van der Waals surface area (Å²) >= 11 is 0. The van der Waals surface area contributed by atoms with E-state index in [0.717, 1.165) is 18.4 Å². The largest absolute Gasteiger partial charge is 0.346 e. The highest BCUT2D eigenvalue weighted by Gasteiger charge is 2.17. The number of hydrogen-bond donors (Lipinski definition) is 1. The molecule has 0 heterocycles. The van der Waals surface area contributed by atoms with Crippen molar-refractivity contribution in [3.8, 4) is 0 Å². The van der Waals surface area contributed by atoms with Crippen LogP contribution in [0.2, 0.25) is 0 Å². The summed E-state index contributed by atoms with van der Waals surface area (Å²) in [6.07, 6.45) is 5.91. The van der Waals surface area contributed by atoms with Crippen LogP contribution in [0.3, 0.4) is 0 Å². The molecule has 2 aromatic rings. The number of fused-ring (bicyclic) bond motifs is 1. The number of benzene rings is 2. The van der Waals surface area contributed by atoms with Crippen LogP contribution < -0.4 is 9.62 Å². The predicted octanol–water partition coefficient (Wildman–Crippen LogP) is 3.84. The number of amides is 1. The smallest absolute Gasteiger partial charge is 0.251 e. The molecule has 2 aromatic carbocycles. The number of sulfonamides is 1. The Kier molecular flexibility index (Phi) is 6.08. The first-order valence-electron chi connectivity index (χ1n) is 9.80. The number of rotatable bonds is 6. The molecular formula is C22H28N2O3S. The quantitative estimate of drug-likeness (QED) is 0.801. The lowest BCUT2D eigenvalue weighted by molar-refractivity contribution is 0.0940. The summed E-state index contributed by atoms with van der Waals surface area (Å²) in [7, 11) is -3.33. The Bertz CT molecular complexity index is 952. The molecule has 0 bridgehead atoms. The van der Waals surface area contributed by atoms with Crippen molar-refractivity contribution in [2.45, 2.75) is 45.6 Å². The first-order valence-corrected chi connectivity index (χ1v) is 11.6. The lowest BCUT2D eigenvalue weighted by atomic mass is 9.89. The minimum Gasteiger partial charge on any atom is -0.346 e. The first-order chi connectivity index (χ1) is 13.3. The van der Waals surface area contributed by atoms with E-state index in [1.165, 1.54) is 34.5 Å². The third-order valence-corrected chi connectivity index (χ3v) is 6.59. The number of hydrogen-bond acceptors (Lipinski definition) is 3. The molecule has 5 nitrogen and oxygen atoms in total. The molecule has 1 atom stereocenters. The minimum atomic E-state index is -3.33. The highest BCUT2D eigenvalue weighted by atomic mass is 32.2. The Morgan fingerprint density at radius 1 is 1.07 bits per heavy atom. The van der Waals surface area contributed by atoms with Crippen LogP contribution in [0.4, 0.5) is 5.69 Å². The van der Waals surface area contributed by atoms with Crippen molar-refractivity contribution in [1.82, 2.24) is 5.32 Å². The molecule has 0 saturated carbocycles. The van der Waals surface area contributed by atoms with Gasteiger partial charge in [0.25, 0.3) is 5.91 Å². The van der Waals surface area contributed by atoms with E-state index in [1.54, 1.807) is 31.2 Å². The molecule has 0 aliphatic heterocycles. The van der Waals surface area contributed by atoms with E-state index >= 15 is 0 Å². The van der Waals surface area contributed by atoms with Crippen molar-refractivity contribution in [1.29, 1.82) is 0 Å². The molecule has 1 aliphatic carbocycles. The van der Waals surface area contributed by atoms with Crippen molar-refractivity contribution >= 4 is 21.6 Å². The normalized spacial score (nSPS) is 14.8. The predicted molar refractivity (Wildman–Crippen MR) is 113 cm³/mol. The molecule has 1 unspecified atom stereocenters. The summed E-state index contributed by atoms with van der Waals surface area (Å²) < 4.78 is 25.0. The molecule has 150 valence electrons. The average molecular weight is 401 g/mol. The van der Waals surface area contributed by atoms with Gasteiger partial charge in [0.15, 0.2) is 0 Å². The van der Waals surface area contributed by atoms with E-state index in [2.05, 4.69) is 23.5 Å². The standard InChI is InChI=1S/C22H28N2O3S/c1-4-24(28(3,26)27)21-13-11-18(12-14-21)22(25)23-16(2)19-10-9-17-7-5-6-8-20(17)15-19/h9-16H,4-8H2,1-3H3,(H,23,25). The van der Waals surface area contributed by atoms with Crippen molar-refractivity contribution in [2.75, 3.05) is 17.1 Å². The van der Waals surface area contributed by atoms with Crippen molar-refractivity contribution < 1.29 is 13.2 Å². The molecular weight excluding hydrogens is 372 g/mol. The summed E-state index contributed by atoms with van der Waals surface area (Å²) in [5.41, 5.74) is 5.01. The Labute approximate surface area is 167 Å². The van der Waals surface area contributed by atoms with Gasteiger partial charge >= 0.3 is 0 Å². The number of anilines is 1. The zero-order chi connectivity index (χ0) is 20.3. The SMILES string of the molecule is CCN(c1ccc(C(=O)NC(C)c2ccc3c(c2)CCCC3)cc1)S(C)(=O)=O. The van der Waals surface area contributed by atoms with Gasteiger partial charge in [-0.3, -0.25) is 9.10 Å². The van der Waals surface area contributed by atoms with Gasteiger partial charge in [0.2, 0.25) is 10.0 Å². The molecule has 0 spiro atoms. The van der Waals surface area contributed by atoms with E-state index < -0.39 is 10.0 Å². The molecule has 0 aromatic heterocycles. The van der Waals surface area contributed by atoms with Crippen LogP contribution >= 0.6 is 0 Å². The third-order valence-electron chi connectivity index (χ3n) is 5.33. The van der Waals surface area contributed by atoms with Gasteiger partial charge in [-0.05, 0) is 80.5 Å². The van der Waals surface area contributed by atoms with Crippen LogP contribution in [0.15, 0.2) is 42.5 Å². The second kappa shape index (κ2) is 8.35. The topological polar surface area (TPSA) is 66.5 Å². The van der Waals surface area contributed by atoms with Gasteiger partial charge in [0.1, 0.15) is 0 Å². The molecule has 0 fully saturated rings. The number of nitrogens with zero attached hydrogens (tertiary/aromatic N) is 1. The lowest BCUT2D eigenvalue weighted by Gasteiger charge is -2.21. The van der Waals surface area contributed by atoms with Crippen LogP contribution in [0.1, 0.15) is 59.8 Å². The molecule has 3 rings (SSSR count). The fourth-order valence-corrected chi connectivity index (χ4v) is 4.75. The minimum absolute atomic E-state index is 0.0948. The molecule has 1 N–H and O–H groups in total. The highest BCUT2D eigenvalue weighted by molar-refractivity contribution is 7.92. The monoisotopic (exact) mass is 400 g/mol. The van der Waals surface area contributed by atoms with Crippen molar-refractivity contribution in [3.63, 3.8) is 0 Å². The number of carbonyl (C=O) groups is 1. The second-order valence-electron chi connectivity index (χ2n) is 7.41. The van der Waals surface area contributed by atoms with Gasteiger partial charge < -0.3 is 5.32 Å². The summed E-state index contributed by atoms with van der Waals surface area (Å²) in [6, 6.07) is 13.1. The molecule has 0 saturated heterocycles. The second-order valence-corrected chi connectivity index (χ2v) is 9.31. The molecule has 28 heavy (non-hydrogen) atoms. The zero-order valence-electron chi connectivity index (χ0n) is 16.7. The Morgan fingerprint density at radius 2 is 1.71 bits per heavy atom. The van der Waals surface area contributed by atoms with E-state index in [-0.39, 0.29) is 11.9 Å². The molecule has 6 heteroatoms. The maximum atomic E-state index is 12.6. The summed E-state index contributed by atoms with van der Waals surface area (Å²) in [5.74, 6) is -0.167. The summed E-state index contributed by atoms with van der Waals surface area (Å²) in [4.78, 5) is 12.6. The van der Waals surface area contributed by atoms with E-state index in [1.807, 2.05) is 6.92 Å². The van der Waals surface area contributed by atoms with Crippen LogP contribution in [0.5, 0.6) is 0 Å². The van der Waals surface area contributed by atoms with Crippen LogP contribution in [-0.2, 0) is 22.9 Å². The van der Waals surface area contributed by atoms with E-state index in [9.17, 15) is 13.2 Å². The van der Waals surface area contributed by atoms with Gasteiger partial charge in [0.05, 0.1) is 18.0 Å². The molecule has 1 aliphatic rings. The maximum Gasteiger partial charge on any atom is 0.251 e. The summed E-state index contributed by atoms with van der Waals surface area (Å²) in [6.45, 7) is 4.11. The Morgan fingerprint density at radius 3 is 2.32 bits per heavy atom. The highest BCUT2D eigenvalue weighted by Crippen LogP contribution is 2.25. The van der Waals surface area contributed by atoms with E-state index in [4.69, 9.17) is 0 Å². The third kappa shape index (κ3) is 4.55. The lowest BCUT2D eigenvalue weighted by Crippen LogP contribution is -2.30. The number of aryl methyl sites for hydroxylation is 2. The fraction of sp³-hybridized carbons (Fsp3) is 0.409. The van der Waals surface area contributed by atoms with E-state index in [0.29, 0.717) is 17.8 Å². The number of nitrogens with one attached hydrogen (secondary N) is 1. The van der Waals surface area contributed by atoms with Crippen LogP contribution in [0, 0.1) is 0 Å². The van der Waals surface area contributed by atoms with Gasteiger partial charge in [0, 0.05) is 12.1 Å². The number of carbonyl (C=O) groups excluding carboxylic acids is 1. The molecule has 0 radical (unpaired) electrons. The van der Waals surface area contributed by atoms with Crippen LogP contribution in [-0.4, -0.2) is 27.1 Å². The maximum absolute atomic E-state index is 12.6. The van der Waals surface area contributed by atoms with Crippen molar-refractivity contribution in [3.05, 3.63) is 64.7 Å². The summed E-state index contributed by atoms with van der Waals surface area (Å²) in [5, 5.41) is 3.04. The van der Waals surface area contributed by atoms with Gasteiger partial charge in [-0.1, -0.05) is 18.2 Å². The van der Waals surface area contributed by atoms with Gasteiger partial charge in [-0.25, -0.2) is 8.42 Å². The first kappa shape index (κ1) is 20.4. The van der Waals surface area contributed by atoms with Gasteiger partial charge in [-0.15, -0.1) is 0 Å². The average Bonchev–Trinajstić information content (AvgIpc) is 2.67. The molecule has 1 amide bonds. The Hall–Kier alpha value is -2.34.